The van der Waals surface area contributed by atoms with E-state index in [4.69, 9.17) is 23.7 Å². The van der Waals surface area contributed by atoms with Gasteiger partial charge in [0.2, 0.25) is 0 Å². The number of benzene rings is 1. The summed E-state index contributed by atoms with van der Waals surface area (Å²) in [5, 5.41) is 0. The van der Waals surface area contributed by atoms with Crippen molar-refractivity contribution in [2.45, 2.75) is 36.8 Å². The van der Waals surface area contributed by atoms with E-state index >= 15 is 0 Å². The summed E-state index contributed by atoms with van der Waals surface area (Å²) in [7, 11) is 1.61. The van der Waals surface area contributed by atoms with Crippen LogP contribution in [0.4, 0.5) is 0 Å². The molecule has 0 N–H and O–H groups in total. The minimum Gasteiger partial charge on any atom is -0.364 e. The second-order valence-electron chi connectivity index (χ2n) is 5.94. The van der Waals surface area contributed by atoms with Gasteiger partial charge in [0.15, 0.2) is 12.6 Å². The molecule has 0 unspecified atom stereocenters. The Bertz CT molecular complexity index is 560. The van der Waals surface area contributed by atoms with Crippen molar-refractivity contribution in [1.82, 2.24) is 0 Å². The third kappa shape index (κ3) is 3.31. The molecule has 2 saturated heterocycles. The fraction of sp³-hybridized carbons (Fsp3) is 0.474. The van der Waals surface area contributed by atoms with Crippen molar-refractivity contribution >= 4 is 0 Å². The van der Waals surface area contributed by atoms with Gasteiger partial charge in [-0.15, -0.1) is 13.2 Å². The highest BCUT2D eigenvalue weighted by atomic mass is 16.7. The molecule has 2 fully saturated rings. The maximum atomic E-state index is 6.24. The van der Waals surface area contributed by atoms with Gasteiger partial charge in [0.1, 0.15) is 17.8 Å². The van der Waals surface area contributed by atoms with E-state index in [0.717, 1.165) is 5.56 Å². The molecule has 0 bridgehead atoms. The molecule has 0 amide bonds. The van der Waals surface area contributed by atoms with Gasteiger partial charge in [-0.05, 0) is 0 Å². The quantitative estimate of drug-likeness (QED) is 0.750. The zero-order valence-corrected chi connectivity index (χ0v) is 13.9. The van der Waals surface area contributed by atoms with Gasteiger partial charge in [-0.3, -0.25) is 0 Å². The molecule has 5 heteroatoms. The van der Waals surface area contributed by atoms with Crippen molar-refractivity contribution in [3.8, 4) is 0 Å². The SMILES string of the molecule is C=CCO[C@@]1(C=C)C[C@@H](OC)O[C@@H]2CO[C@@H](c3ccccc3)O[C@H]21. The van der Waals surface area contributed by atoms with Crippen LogP contribution in [-0.2, 0) is 23.7 Å². The molecular formula is C19H24O5. The third-order valence-corrected chi connectivity index (χ3v) is 4.46. The van der Waals surface area contributed by atoms with Crippen molar-refractivity contribution in [2.75, 3.05) is 20.3 Å². The predicted molar refractivity (Wildman–Crippen MR) is 89.4 cm³/mol. The van der Waals surface area contributed by atoms with Crippen LogP contribution in [-0.4, -0.2) is 44.4 Å². The van der Waals surface area contributed by atoms with E-state index < -0.39 is 18.2 Å². The van der Waals surface area contributed by atoms with Crippen LogP contribution in [0.15, 0.2) is 55.6 Å². The average molecular weight is 332 g/mol. The largest absolute Gasteiger partial charge is 0.364 e. The first-order chi connectivity index (χ1) is 11.7. The van der Waals surface area contributed by atoms with E-state index in [9.17, 15) is 0 Å². The fourth-order valence-corrected chi connectivity index (χ4v) is 3.23. The van der Waals surface area contributed by atoms with E-state index in [-0.39, 0.29) is 12.2 Å². The Morgan fingerprint density at radius 3 is 2.71 bits per heavy atom. The topological polar surface area (TPSA) is 46.2 Å². The van der Waals surface area contributed by atoms with Crippen LogP contribution >= 0.6 is 0 Å². The normalized spacial score (nSPS) is 35.9. The number of hydrogen-bond acceptors (Lipinski definition) is 5. The Morgan fingerprint density at radius 1 is 1.25 bits per heavy atom. The van der Waals surface area contributed by atoms with Crippen LogP contribution in [0, 0.1) is 0 Å². The van der Waals surface area contributed by atoms with Crippen molar-refractivity contribution < 1.29 is 23.7 Å². The Morgan fingerprint density at radius 2 is 2.04 bits per heavy atom. The third-order valence-electron chi connectivity index (χ3n) is 4.46. The second-order valence-corrected chi connectivity index (χ2v) is 5.94. The van der Waals surface area contributed by atoms with Gasteiger partial charge in [-0.2, -0.15) is 0 Å². The molecule has 3 rings (SSSR count). The molecule has 0 aliphatic carbocycles. The van der Waals surface area contributed by atoms with Crippen LogP contribution in [0.2, 0.25) is 0 Å². The Balaban J connectivity index is 1.85. The summed E-state index contributed by atoms with van der Waals surface area (Å²) in [5.41, 5.74) is 0.251. The lowest BCUT2D eigenvalue weighted by atomic mass is 9.85. The highest BCUT2D eigenvalue weighted by Gasteiger charge is 2.53. The molecule has 2 aliphatic heterocycles. The van der Waals surface area contributed by atoms with Crippen molar-refractivity contribution in [2.24, 2.45) is 0 Å². The van der Waals surface area contributed by atoms with Gasteiger partial charge in [0.25, 0.3) is 0 Å². The van der Waals surface area contributed by atoms with Gasteiger partial charge in [0.05, 0.1) is 13.2 Å². The van der Waals surface area contributed by atoms with Crippen LogP contribution < -0.4 is 0 Å². The number of methoxy groups -OCH3 is 1. The zero-order valence-electron chi connectivity index (χ0n) is 13.9. The van der Waals surface area contributed by atoms with Crippen LogP contribution in [0.25, 0.3) is 0 Å². The van der Waals surface area contributed by atoms with Crippen LogP contribution in [0.1, 0.15) is 18.3 Å². The average Bonchev–Trinajstić information content (AvgIpc) is 2.66. The monoisotopic (exact) mass is 332 g/mol. The fourth-order valence-electron chi connectivity index (χ4n) is 3.23. The van der Waals surface area contributed by atoms with E-state index in [2.05, 4.69) is 13.2 Å². The predicted octanol–water partition coefficient (Wildman–Crippen LogP) is 2.99. The molecule has 0 saturated carbocycles. The molecule has 1 aromatic rings. The summed E-state index contributed by atoms with van der Waals surface area (Å²) >= 11 is 0. The molecule has 24 heavy (non-hydrogen) atoms. The molecule has 2 heterocycles. The standard InChI is InChI=1S/C19H24O5/c1-4-11-22-19(5-2)12-16(20-3)23-15-13-21-18(24-17(15)19)14-9-7-6-8-10-14/h4-10,15-18H,1-2,11-13H2,3H3/t15-,16+,17-,18-,19+/m1/s1. The number of ether oxygens (including phenoxy) is 5. The summed E-state index contributed by atoms with van der Waals surface area (Å²) in [4.78, 5) is 0. The first-order valence-electron chi connectivity index (χ1n) is 8.11. The molecule has 5 atom stereocenters. The summed E-state index contributed by atoms with van der Waals surface area (Å²) in [6.07, 6.45) is 2.54. The second kappa shape index (κ2) is 7.59. The summed E-state index contributed by atoms with van der Waals surface area (Å²) < 4.78 is 29.5. The van der Waals surface area contributed by atoms with Crippen molar-refractivity contribution in [1.29, 1.82) is 0 Å². The molecule has 2 aliphatic rings. The zero-order chi connectivity index (χ0) is 17.0. The van der Waals surface area contributed by atoms with Crippen molar-refractivity contribution in [3.05, 3.63) is 61.2 Å². The smallest absolute Gasteiger partial charge is 0.184 e. The van der Waals surface area contributed by atoms with Gasteiger partial charge in [-0.25, -0.2) is 0 Å². The maximum absolute atomic E-state index is 6.24. The summed E-state index contributed by atoms with van der Waals surface area (Å²) in [6, 6.07) is 9.84. The Kier molecular flexibility index (Phi) is 5.48. The van der Waals surface area contributed by atoms with Crippen LogP contribution in [0.3, 0.4) is 0 Å². The lowest BCUT2D eigenvalue weighted by Crippen LogP contribution is -2.62. The first-order valence-corrected chi connectivity index (χ1v) is 8.11. The molecule has 0 spiro atoms. The first kappa shape index (κ1) is 17.3. The van der Waals surface area contributed by atoms with Gasteiger partial charge >= 0.3 is 0 Å². The Hall–Kier alpha value is -1.50. The maximum Gasteiger partial charge on any atom is 0.184 e. The van der Waals surface area contributed by atoms with E-state index in [1.54, 1.807) is 19.3 Å². The number of fused-ring (bicyclic) bond motifs is 1. The molecular weight excluding hydrogens is 308 g/mol. The number of rotatable bonds is 6. The highest BCUT2D eigenvalue weighted by Crippen LogP contribution is 2.41. The minimum absolute atomic E-state index is 0.286. The van der Waals surface area contributed by atoms with Gasteiger partial charge in [0, 0.05) is 19.1 Å². The van der Waals surface area contributed by atoms with E-state index in [0.29, 0.717) is 19.6 Å². The molecule has 5 nitrogen and oxygen atoms in total. The lowest BCUT2D eigenvalue weighted by Gasteiger charge is -2.50. The van der Waals surface area contributed by atoms with Crippen LogP contribution in [0.5, 0.6) is 0 Å². The van der Waals surface area contributed by atoms with Crippen molar-refractivity contribution in [3.63, 3.8) is 0 Å². The highest BCUT2D eigenvalue weighted by molar-refractivity contribution is 5.18. The summed E-state index contributed by atoms with van der Waals surface area (Å²) in [6.45, 7) is 8.50. The molecule has 0 radical (unpaired) electrons. The molecule has 0 aromatic heterocycles. The van der Waals surface area contributed by atoms with E-state index in [1.807, 2.05) is 30.3 Å². The minimum atomic E-state index is -0.714. The lowest BCUT2D eigenvalue weighted by molar-refractivity contribution is -0.353. The molecule has 1 aromatic carbocycles. The van der Waals surface area contributed by atoms with Gasteiger partial charge in [-0.1, -0.05) is 42.5 Å². The molecule has 130 valence electrons. The van der Waals surface area contributed by atoms with Gasteiger partial charge < -0.3 is 23.7 Å². The number of hydrogen-bond donors (Lipinski definition) is 0. The van der Waals surface area contributed by atoms with E-state index in [1.165, 1.54) is 0 Å². The Labute approximate surface area is 142 Å². The summed E-state index contributed by atoms with van der Waals surface area (Å²) in [5.74, 6) is 0.